The van der Waals surface area contributed by atoms with Crippen molar-refractivity contribution in [2.75, 3.05) is 20.1 Å². The number of hydrogen-bond acceptors (Lipinski definition) is 4. The molecular weight excluding hydrogens is 302 g/mol. The van der Waals surface area contributed by atoms with Gasteiger partial charge < -0.3 is 14.7 Å². The highest BCUT2D eigenvalue weighted by Gasteiger charge is 2.26. The van der Waals surface area contributed by atoms with Gasteiger partial charge in [0.15, 0.2) is 0 Å². The Bertz CT molecular complexity index is 646. The standard InChI is InChI=1S/C16H18ClN3O2/c1-18-13-6-8-20(9-7-13)16(21)14-10-22-19-15(14)11-2-4-12(17)5-3-11/h2-5,10,13,18H,6-9H2,1H3. The summed E-state index contributed by atoms with van der Waals surface area (Å²) in [6.45, 7) is 1.49. The molecule has 0 saturated carbocycles. The Hall–Kier alpha value is -1.85. The molecular formula is C16H18ClN3O2. The minimum absolute atomic E-state index is 0.0271. The van der Waals surface area contributed by atoms with Crippen LogP contribution in [0, 0.1) is 0 Å². The second-order valence-corrected chi connectivity index (χ2v) is 5.88. The van der Waals surface area contributed by atoms with Crippen LogP contribution in [0.5, 0.6) is 0 Å². The molecule has 6 heteroatoms. The third kappa shape index (κ3) is 3.00. The molecule has 116 valence electrons. The van der Waals surface area contributed by atoms with Crippen molar-refractivity contribution >= 4 is 17.5 Å². The molecule has 0 atom stereocenters. The van der Waals surface area contributed by atoms with Crippen LogP contribution in [0.15, 0.2) is 35.1 Å². The van der Waals surface area contributed by atoms with Gasteiger partial charge in [0.25, 0.3) is 5.91 Å². The van der Waals surface area contributed by atoms with E-state index in [-0.39, 0.29) is 5.91 Å². The topological polar surface area (TPSA) is 58.4 Å². The average molecular weight is 320 g/mol. The van der Waals surface area contributed by atoms with Gasteiger partial charge in [0.05, 0.1) is 0 Å². The number of hydrogen-bond donors (Lipinski definition) is 1. The maximum atomic E-state index is 12.7. The van der Waals surface area contributed by atoms with Gasteiger partial charge >= 0.3 is 0 Å². The zero-order chi connectivity index (χ0) is 15.5. The van der Waals surface area contributed by atoms with Gasteiger partial charge in [-0.3, -0.25) is 4.79 Å². The van der Waals surface area contributed by atoms with Gasteiger partial charge in [-0.25, -0.2) is 0 Å². The second kappa shape index (κ2) is 6.50. The number of aromatic nitrogens is 1. The van der Waals surface area contributed by atoms with E-state index in [1.165, 1.54) is 6.26 Å². The number of halogens is 1. The highest BCUT2D eigenvalue weighted by Crippen LogP contribution is 2.25. The molecule has 1 fully saturated rings. The SMILES string of the molecule is CNC1CCN(C(=O)c2conc2-c2ccc(Cl)cc2)CC1. The molecule has 0 unspecified atom stereocenters. The van der Waals surface area contributed by atoms with Crippen molar-refractivity contribution in [2.45, 2.75) is 18.9 Å². The first-order valence-electron chi connectivity index (χ1n) is 7.36. The predicted molar refractivity (Wildman–Crippen MR) is 84.9 cm³/mol. The molecule has 2 heterocycles. The molecule has 1 aromatic heterocycles. The molecule has 2 aromatic rings. The average Bonchev–Trinajstić information content (AvgIpc) is 3.04. The largest absolute Gasteiger partial charge is 0.363 e. The van der Waals surface area contributed by atoms with Crippen molar-refractivity contribution in [3.05, 3.63) is 41.1 Å². The molecule has 1 N–H and O–H groups in total. The molecule has 22 heavy (non-hydrogen) atoms. The number of nitrogens with one attached hydrogen (secondary N) is 1. The van der Waals surface area contributed by atoms with Crippen LogP contribution in [-0.4, -0.2) is 42.1 Å². The Morgan fingerprint density at radius 1 is 1.32 bits per heavy atom. The van der Waals surface area contributed by atoms with Gasteiger partial charge in [-0.15, -0.1) is 0 Å². The fraction of sp³-hybridized carbons (Fsp3) is 0.375. The number of likely N-dealkylation sites (tertiary alicyclic amines) is 1. The Balaban J connectivity index is 1.80. The lowest BCUT2D eigenvalue weighted by Crippen LogP contribution is -2.44. The van der Waals surface area contributed by atoms with Crippen LogP contribution in [0.2, 0.25) is 5.02 Å². The first-order chi connectivity index (χ1) is 10.7. The van der Waals surface area contributed by atoms with E-state index >= 15 is 0 Å². The normalized spacial score (nSPS) is 16.0. The van der Waals surface area contributed by atoms with E-state index in [4.69, 9.17) is 16.1 Å². The van der Waals surface area contributed by atoms with E-state index in [1.54, 1.807) is 12.1 Å². The summed E-state index contributed by atoms with van der Waals surface area (Å²) in [6.07, 6.45) is 3.35. The molecule has 1 aromatic carbocycles. The van der Waals surface area contributed by atoms with Gasteiger partial charge in [-0.1, -0.05) is 28.9 Å². The number of benzene rings is 1. The molecule has 0 bridgehead atoms. The second-order valence-electron chi connectivity index (χ2n) is 5.44. The maximum Gasteiger partial charge on any atom is 0.259 e. The van der Waals surface area contributed by atoms with Gasteiger partial charge in [-0.2, -0.15) is 0 Å². The molecule has 1 saturated heterocycles. The summed E-state index contributed by atoms with van der Waals surface area (Å²) >= 11 is 5.90. The van der Waals surface area contributed by atoms with Crippen molar-refractivity contribution in [3.8, 4) is 11.3 Å². The number of amides is 1. The van der Waals surface area contributed by atoms with Crippen LogP contribution in [0.3, 0.4) is 0 Å². The number of nitrogens with zero attached hydrogens (tertiary/aromatic N) is 2. The maximum absolute atomic E-state index is 12.7. The molecule has 0 aliphatic carbocycles. The van der Waals surface area contributed by atoms with Crippen LogP contribution >= 0.6 is 11.6 Å². The third-order valence-electron chi connectivity index (χ3n) is 4.11. The van der Waals surface area contributed by atoms with Crippen molar-refractivity contribution in [1.82, 2.24) is 15.4 Å². The number of carbonyl (C=O) groups is 1. The number of rotatable bonds is 3. The summed E-state index contributed by atoms with van der Waals surface area (Å²) in [7, 11) is 1.96. The van der Waals surface area contributed by atoms with Crippen LogP contribution < -0.4 is 5.32 Å². The van der Waals surface area contributed by atoms with Crippen LogP contribution in [-0.2, 0) is 0 Å². The van der Waals surface area contributed by atoms with Crippen molar-refractivity contribution < 1.29 is 9.32 Å². The van der Waals surface area contributed by atoms with E-state index in [1.807, 2.05) is 24.1 Å². The van der Waals surface area contributed by atoms with Crippen LogP contribution in [0.25, 0.3) is 11.3 Å². The first-order valence-corrected chi connectivity index (χ1v) is 7.73. The lowest BCUT2D eigenvalue weighted by Gasteiger charge is -2.31. The summed E-state index contributed by atoms with van der Waals surface area (Å²) in [6, 6.07) is 7.72. The molecule has 5 nitrogen and oxygen atoms in total. The quantitative estimate of drug-likeness (QED) is 0.945. The predicted octanol–water partition coefficient (Wildman–Crippen LogP) is 2.82. The van der Waals surface area contributed by atoms with Crippen molar-refractivity contribution in [1.29, 1.82) is 0 Å². The summed E-state index contributed by atoms with van der Waals surface area (Å²) in [4.78, 5) is 14.6. The van der Waals surface area contributed by atoms with Crippen LogP contribution in [0.4, 0.5) is 0 Å². The molecule has 3 rings (SSSR count). The molecule has 1 aliphatic heterocycles. The van der Waals surface area contributed by atoms with E-state index in [0.717, 1.165) is 31.5 Å². The monoisotopic (exact) mass is 319 g/mol. The van der Waals surface area contributed by atoms with Crippen molar-refractivity contribution in [2.24, 2.45) is 0 Å². The van der Waals surface area contributed by atoms with E-state index < -0.39 is 0 Å². The molecule has 0 spiro atoms. The van der Waals surface area contributed by atoms with Gasteiger partial charge in [0.2, 0.25) is 0 Å². The Morgan fingerprint density at radius 3 is 2.64 bits per heavy atom. The molecule has 0 radical (unpaired) electrons. The van der Waals surface area contributed by atoms with E-state index in [0.29, 0.717) is 22.3 Å². The van der Waals surface area contributed by atoms with E-state index in [2.05, 4.69) is 10.5 Å². The summed E-state index contributed by atoms with van der Waals surface area (Å²) in [5.74, 6) is -0.0271. The van der Waals surface area contributed by atoms with Crippen LogP contribution in [0.1, 0.15) is 23.2 Å². The fourth-order valence-corrected chi connectivity index (χ4v) is 2.87. The molecule has 1 amide bonds. The smallest absolute Gasteiger partial charge is 0.259 e. The third-order valence-corrected chi connectivity index (χ3v) is 4.36. The van der Waals surface area contributed by atoms with Gasteiger partial charge in [0, 0.05) is 29.7 Å². The van der Waals surface area contributed by atoms with Crippen molar-refractivity contribution in [3.63, 3.8) is 0 Å². The fourth-order valence-electron chi connectivity index (χ4n) is 2.75. The lowest BCUT2D eigenvalue weighted by molar-refractivity contribution is 0.0707. The molecule has 1 aliphatic rings. The zero-order valence-electron chi connectivity index (χ0n) is 12.4. The summed E-state index contributed by atoms with van der Waals surface area (Å²) < 4.78 is 5.04. The Kier molecular flexibility index (Phi) is 4.45. The minimum Gasteiger partial charge on any atom is -0.363 e. The van der Waals surface area contributed by atoms with Gasteiger partial charge in [-0.05, 0) is 32.0 Å². The first kappa shape index (κ1) is 15.1. The van der Waals surface area contributed by atoms with E-state index in [9.17, 15) is 4.79 Å². The number of piperidine rings is 1. The summed E-state index contributed by atoms with van der Waals surface area (Å²) in [5.41, 5.74) is 1.90. The zero-order valence-corrected chi connectivity index (χ0v) is 13.1. The number of carbonyl (C=O) groups excluding carboxylic acids is 1. The Labute approximate surface area is 134 Å². The lowest BCUT2D eigenvalue weighted by atomic mass is 10.0. The van der Waals surface area contributed by atoms with Gasteiger partial charge in [0.1, 0.15) is 17.5 Å². The highest BCUT2D eigenvalue weighted by atomic mass is 35.5. The summed E-state index contributed by atoms with van der Waals surface area (Å²) in [5, 5.41) is 7.89. The minimum atomic E-state index is -0.0271. The highest BCUT2D eigenvalue weighted by molar-refractivity contribution is 6.30. The Morgan fingerprint density at radius 2 is 2.00 bits per heavy atom.